The minimum atomic E-state index is -0.519. The van der Waals surface area contributed by atoms with Gasteiger partial charge in [-0.3, -0.25) is 19.8 Å². The first-order chi connectivity index (χ1) is 13.0. The Kier molecular flexibility index (Phi) is 5.63. The highest BCUT2D eigenvalue weighted by atomic mass is 32.1. The van der Waals surface area contributed by atoms with Crippen LogP contribution in [0.5, 0.6) is 5.75 Å². The number of nitro groups is 1. The number of benzene rings is 2. The van der Waals surface area contributed by atoms with Crippen LogP contribution in [-0.4, -0.2) is 41.4 Å². The highest BCUT2D eigenvalue weighted by molar-refractivity contribution is 7.18. The number of nitro benzene ring substituents is 1. The Morgan fingerprint density at radius 3 is 2.81 bits per heavy atom. The molecule has 1 heterocycles. The van der Waals surface area contributed by atoms with E-state index in [2.05, 4.69) is 10.3 Å². The summed E-state index contributed by atoms with van der Waals surface area (Å²) in [5.74, 6) is 0.0696. The molecule has 2 aromatic carbocycles. The van der Waals surface area contributed by atoms with E-state index in [0.29, 0.717) is 12.3 Å². The summed E-state index contributed by atoms with van der Waals surface area (Å²) in [6, 6.07) is 11.9. The lowest BCUT2D eigenvalue weighted by atomic mass is 10.2. The first kappa shape index (κ1) is 18.7. The maximum Gasteiger partial charge on any atom is 0.271 e. The standard InChI is InChI=1S/C18H18N4O4S/c1-21(11-18-20-13-5-3-4-6-16(13)27-18)10-17(23)19-14-9-12(22(24)25)7-8-15(14)26-2/h3-9H,10-11H2,1-2H3,(H,19,23). The number of nitrogens with one attached hydrogen (secondary N) is 1. The van der Waals surface area contributed by atoms with Crippen molar-refractivity contribution in [2.24, 2.45) is 0 Å². The van der Waals surface area contributed by atoms with Gasteiger partial charge in [-0.2, -0.15) is 0 Å². The third-order valence-electron chi connectivity index (χ3n) is 3.82. The molecule has 3 rings (SSSR count). The maximum absolute atomic E-state index is 12.3. The van der Waals surface area contributed by atoms with Gasteiger partial charge >= 0.3 is 0 Å². The molecule has 0 saturated carbocycles. The van der Waals surface area contributed by atoms with Crippen LogP contribution in [0.4, 0.5) is 11.4 Å². The van der Waals surface area contributed by atoms with Gasteiger partial charge in [0.1, 0.15) is 10.8 Å². The summed E-state index contributed by atoms with van der Waals surface area (Å²) in [5, 5.41) is 14.5. The highest BCUT2D eigenvalue weighted by Gasteiger charge is 2.15. The Morgan fingerprint density at radius 1 is 1.33 bits per heavy atom. The quantitative estimate of drug-likeness (QED) is 0.494. The van der Waals surface area contributed by atoms with E-state index in [0.717, 1.165) is 15.2 Å². The topological polar surface area (TPSA) is 97.6 Å². The molecule has 1 aromatic heterocycles. The maximum atomic E-state index is 12.3. The molecule has 0 aliphatic heterocycles. The van der Waals surface area contributed by atoms with Crippen LogP contribution in [0.15, 0.2) is 42.5 Å². The third kappa shape index (κ3) is 4.57. The predicted molar refractivity (Wildman–Crippen MR) is 104 cm³/mol. The van der Waals surface area contributed by atoms with Crippen molar-refractivity contribution >= 4 is 38.8 Å². The van der Waals surface area contributed by atoms with Gasteiger partial charge in [0.15, 0.2) is 0 Å². The van der Waals surface area contributed by atoms with Crippen molar-refractivity contribution in [3.8, 4) is 5.75 Å². The van der Waals surface area contributed by atoms with Gasteiger partial charge in [0.25, 0.3) is 5.69 Å². The zero-order valence-electron chi connectivity index (χ0n) is 14.8. The number of carbonyl (C=O) groups is 1. The van der Waals surface area contributed by atoms with Crippen LogP contribution in [-0.2, 0) is 11.3 Å². The molecule has 0 atom stereocenters. The molecule has 9 heteroatoms. The minimum absolute atomic E-state index is 0.113. The van der Waals surface area contributed by atoms with E-state index in [9.17, 15) is 14.9 Å². The zero-order valence-corrected chi connectivity index (χ0v) is 15.7. The van der Waals surface area contributed by atoms with Gasteiger partial charge in [0.2, 0.25) is 5.91 Å². The normalized spacial score (nSPS) is 10.9. The lowest BCUT2D eigenvalue weighted by Gasteiger charge is -2.15. The molecule has 140 valence electrons. The molecule has 0 unspecified atom stereocenters. The molecular weight excluding hydrogens is 368 g/mol. The number of methoxy groups -OCH3 is 1. The van der Waals surface area contributed by atoms with Crippen LogP contribution >= 0.6 is 11.3 Å². The number of para-hydroxylation sites is 1. The van der Waals surface area contributed by atoms with Gasteiger partial charge in [0, 0.05) is 12.1 Å². The monoisotopic (exact) mass is 386 g/mol. The zero-order chi connectivity index (χ0) is 19.4. The van der Waals surface area contributed by atoms with Crippen LogP contribution in [0.2, 0.25) is 0 Å². The Labute approximate surface area is 159 Å². The van der Waals surface area contributed by atoms with Crippen LogP contribution < -0.4 is 10.1 Å². The number of likely N-dealkylation sites (N-methyl/N-ethyl adjacent to an activating group) is 1. The van der Waals surface area contributed by atoms with Crippen LogP contribution in [0.25, 0.3) is 10.2 Å². The van der Waals surface area contributed by atoms with E-state index in [4.69, 9.17) is 4.74 Å². The average molecular weight is 386 g/mol. The smallest absolute Gasteiger partial charge is 0.271 e. The number of fused-ring (bicyclic) bond motifs is 1. The lowest BCUT2D eigenvalue weighted by Crippen LogP contribution is -2.29. The van der Waals surface area contributed by atoms with E-state index < -0.39 is 4.92 Å². The van der Waals surface area contributed by atoms with Crippen LogP contribution in [0.3, 0.4) is 0 Å². The lowest BCUT2D eigenvalue weighted by molar-refractivity contribution is -0.384. The summed E-state index contributed by atoms with van der Waals surface area (Å²) in [5.41, 5.74) is 1.09. The third-order valence-corrected chi connectivity index (χ3v) is 4.85. The molecular formula is C18H18N4O4S. The Hall–Kier alpha value is -3.04. The summed E-state index contributed by atoms with van der Waals surface area (Å²) in [6.45, 7) is 0.639. The van der Waals surface area contributed by atoms with E-state index in [1.54, 1.807) is 11.3 Å². The molecule has 0 bridgehead atoms. The fraction of sp³-hybridized carbons (Fsp3) is 0.222. The molecule has 0 spiro atoms. The Balaban J connectivity index is 1.64. The fourth-order valence-corrected chi connectivity index (χ4v) is 3.66. The molecule has 27 heavy (non-hydrogen) atoms. The predicted octanol–water partition coefficient (Wildman–Crippen LogP) is 3.28. The number of anilines is 1. The largest absolute Gasteiger partial charge is 0.495 e. The Morgan fingerprint density at radius 2 is 2.11 bits per heavy atom. The molecule has 3 aromatic rings. The summed E-state index contributed by atoms with van der Waals surface area (Å²) < 4.78 is 6.26. The van der Waals surface area contributed by atoms with Crippen molar-refractivity contribution in [2.75, 3.05) is 26.0 Å². The van der Waals surface area contributed by atoms with E-state index >= 15 is 0 Å². The summed E-state index contributed by atoms with van der Waals surface area (Å²) in [7, 11) is 3.26. The van der Waals surface area contributed by atoms with Gasteiger partial charge in [-0.15, -0.1) is 11.3 Å². The minimum Gasteiger partial charge on any atom is -0.495 e. The first-order valence-corrected chi connectivity index (χ1v) is 8.93. The average Bonchev–Trinajstić information content (AvgIpc) is 3.03. The SMILES string of the molecule is COc1ccc([N+](=O)[O-])cc1NC(=O)CN(C)Cc1nc2ccccc2s1. The van der Waals surface area contributed by atoms with Gasteiger partial charge in [-0.05, 0) is 25.2 Å². The number of hydrogen-bond acceptors (Lipinski definition) is 7. The summed E-state index contributed by atoms with van der Waals surface area (Å²) >= 11 is 1.59. The summed E-state index contributed by atoms with van der Waals surface area (Å²) in [6.07, 6.45) is 0. The van der Waals surface area contributed by atoms with Gasteiger partial charge < -0.3 is 10.1 Å². The molecule has 1 N–H and O–H groups in total. The number of thiazole rings is 1. The second-order valence-corrected chi connectivity index (χ2v) is 7.05. The number of non-ortho nitro benzene ring substituents is 1. The van der Waals surface area contributed by atoms with E-state index in [1.807, 2.05) is 36.2 Å². The van der Waals surface area contributed by atoms with Crippen molar-refractivity contribution < 1.29 is 14.5 Å². The van der Waals surface area contributed by atoms with E-state index in [-0.39, 0.29) is 23.8 Å². The molecule has 1 amide bonds. The number of carbonyl (C=O) groups excluding carboxylic acids is 1. The second-order valence-electron chi connectivity index (χ2n) is 5.94. The van der Waals surface area contributed by atoms with Crippen molar-refractivity contribution in [3.63, 3.8) is 0 Å². The van der Waals surface area contributed by atoms with Crippen molar-refractivity contribution in [1.29, 1.82) is 0 Å². The number of aromatic nitrogens is 1. The van der Waals surface area contributed by atoms with Crippen LogP contribution in [0.1, 0.15) is 5.01 Å². The molecule has 0 radical (unpaired) electrons. The first-order valence-electron chi connectivity index (χ1n) is 8.11. The van der Waals surface area contributed by atoms with Crippen molar-refractivity contribution in [2.45, 2.75) is 6.54 Å². The number of ether oxygens (including phenoxy) is 1. The van der Waals surface area contributed by atoms with Gasteiger partial charge in [-0.25, -0.2) is 4.98 Å². The number of amides is 1. The van der Waals surface area contributed by atoms with Crippen molar-refractivity contribution in [1.82, 2.24) is 9.88 Å². The molecule has 0 fully saturated rings. The fourth-order valence-electron chi connectivity index (χ4n) is 2.62. The number of rotatable bonds is 7. The molecule has 8 nitrogen and oxygen atoms in total. The Bertz CT molecular complexity index is 955. The molecule has 0 aliphatic carbocycles. The van der Waals surface area contributed by atoms with E-state index in [1.165, 1.54) is 25.3 Å². The number of nitrogens with zero attached hydrogens (tertiary/aromatic N) is 3. The highest BCUT2D eigenvalue weighted by Crippen LogP contribution is 2.29. The van der Waals surface area contributed by atoms with Gasteiger partial charge in [0.05, 0.1) is 41.0 Å². The number of hydrogen-bond donors (Lipinski definition) is 1. The molecule has 0 aliphatic rings. The summed E-state index contributed by atoms with van der Waals surface area (Å²) in [4.78, 5) is 29.1. The molecule has 0 saturated heterocycles. The second kappa shape index (κ2) is 8.11. The van der Waals surface area contributed by atoms with Gasteiger partial charge in [-0.1, -0.05) is 12.1 Å². The van der Waals surface area contributed by atoms with Crippen LogP contribution in [0, 0.1) is 10.1 Å². The van der Waals surface area contributed by atoms with Crippen molar-refractivity contribution in [3.05, 3.63) is 57.6 Å².